The standard InChI is InChI=1S/C24H26N2O3/c1-28-24(27)23(17-7-2-3-8-17)18-11-13-22(20(25)14-18)29-15-19-12-10-16-6-4-5-9-21(16)26-19/h4-6,9-14,17,23H,2-3,7-8,15,25H2,1H3. The number of nitrogens with zero attached hydrogens (tertiary/aromatic N) is 1. The molecule has 0 aliphatic heterocycles. The summed E-state index contributed by atoms with van der Waals surface area (Å²) in [6.07, 6.45) is 4.41. The molecule has 1 heterocycles. The monoisotopic (exact) mass is 390 g/mol. The zero-order valence-electron chi connectivity index (χ0n) is 16.6. The average Bonchev–Trinajstić information content (AvgIpc) is 3.27. The number of aromatic nitrogens is 1. The number of fused-ring (bicyclic) bond motifs is 1. The summed E-state index contributed by atoms with van der Waals surface area (Å²) in [5.74, 6) is 0.459. The summed E-state index contributed by atoms with van der Waals surface area (Å²) in [4.78, 5) is 17.0. The zero-order valence-corrected chi connectivity index (χ0v) is 16.6. The second kappa shape index (κ2) is 8.52. The molecule has 29 heavy (non-hydrogen) atoms. The molecule has 2 N–H and O–H groups in total. The van der Waals surface area contributed by atoms with Crippen molar-refractivity contribution >= 4 is 22.6 Å². The van der Waals surface area contributed by atoms with E-state index >= 15 is 0 Å². The van der Waals surface area contributed by atoms with Gasteiger partial charge < -0.3 is 15.2 Å². The maximum absolute atomic E-state index is 12.4. The van der Waals surface area contributed by atoms with Gasteiger partial charge in [-0.25, -0.2) is 4.98 Å². The summed E-state index contributed by atoms with van der Waals surface area (Å²) >= 11 is 0. The molecule has 0 radical (unpaired) electrons. The number of nitrogen functional groups attached to an aromatic ring is 1. The number of para-hydroxylation sites is 1. The van der Waals surface area contributed by atoms with Crippen molar-refractivity contribution in [3.05, 3.63) is 65.9 Å². The van der Waals surface area contributed by atoms with Gasteiger partial charge in [0, 0.05) is 5.39 Å². The van der Waals surface area contributed by atoms with Crippen LogP contribution in [-0.4, -0.2) is 18.1 Å². The van der Waals surface area contributed by atoms with E-state index in [1.54, 1.807) is 0 Å². The van der Waals surface area contributed by atoms with Crippen LogP contribution in [0.25, 0.3) is 10.9 Å². The van der Waals surface area contributed by atoms with Gasteiger partial charge in [0.05, 0.1) is 29.9 Å². The molecule has 1 fully saturated rings. The summed E-state index contributed by atoms with van der Waals surface area (Å²) in [6.45, 7) is 0.331. The van der Waals surface area contributed by atoms with E-state index < -0.39 is 0 Å². The average molecular weight is 390 g/mol. The van der Waals surface area contributed by atoms with Crippen molar-refractivity contribution in [2.24, 2.45) is 5.92 Å². The molecule has 4 rings (SSSR count). The number of esters is 1. The van der Waals surface area contributed by atoms with Gasteiger partial charge in [0.2, 0.25) is 0 Å². The molecule has 1 aliphatic carbocycles. The SMILES string of the molecule is COC(=O)C(c1ccc(OCc2ccc3ccccc3n2)c(N)c1)C1CCCC1. The number of anilines is 1. The van der Waals surface area contributed by atoms with Crippen molar-refractivity contribution in [3.63, 3.8) is 0 Å². The third-order valence-electron chi connectivity index (χ3n) is 5.75. The van der Waals surface area contributed by atoms with Crippen molar-refractivity contribution in [2.45, 2.75) is 38.2 Å². The lowest BCUT2D eigenvalue weighted by Crippen LogP contribution is -2.21. The van der Waals surface area contributed by atoms with Crippen LogP contribution in [0.3, 0.4) is 0 Å². The molecule has 2 aromatic carbocycles. The van der Waals surface area contributed by atoms with E-state index in [1.807, 2.05) is 54.6 Å². The predicted molar refractivity (Wildman–Crippen MR) is 114 cm³/mol. The normalized spacial score (nSPS) is 15.3. The van der Waals surface area contributed by atoms with Gasteiger partial charge in [-0.2, -0.15) is 0 Å². The first-order chi connectivity index (χ1) is 14.2. The smallest absolute Gasteiger partial charge is 0.313 e. The van der Waals surface area contributed by atoms with E-state index in [0.29, 0.717) is 24.0 Å². The molecule has 150 valence electrons. The van der Waals surface area contributed by atoms with Crippen molar-refractivity contribution in [3.8, 4) is 5.75 Å². The maximum atomic E-state index is 12.4. The molecule has 1 aromatic heterocycles. The van der Waals surface area contributed by atoms with E-state index in [4.69, 9.17) is 15.2 Å². The quantitative estimate of drug-likeness (QED) is 0.481. The van der Waals surface area contributed by atoms with Gasteiger partial charge in [0.1, 0.15) is 12.4 Å². The molecule has 5 heteroatoms. The van der Waals surface area contributed by atoms with E-state index in [2.05, 4.69) is 4.98 Å². The third-order valence-corrected chi connectivity index (χ3v) is 5.75. The van der Waals surface area contributed by atoms with Crippen LogP contribution in [0, 0.1) is 5.92 Å². The lowest BCUT2D eigenvalue weighted by atomic mass is 9.84. The highest BCUT2D eigenvalue weighted by Crippen LogP contribution is 2.39. The van der Waals surface area contributed by atoms with E-state index in [1.165, 1.54) is 7.11 Å². The lowest BCUT2D eigenvalue weighted by Gasteiger charge is -2.22. The molecule has 0 amide bonds. The Morgan fingerprint density at radius 1 is 1.14 bits per heavy atom. The minimum atomic E-state index is -0.263. The van der Waals surface area contributed by atoms with Crippen LogP contribution >= 0.6 is 0 Å². The highest BCUT2D eigenvalue weighted by Gasteiger charge is 2.33. The van der Waals surface area contributed by atoms with Gasteiger partial charge in [0.15, 0.2) is 0 Å². The molecule has 3 aromatic rings. The lowest BCUT2D eigenvalue weighted by molar-refractivity contribution is -0.143. The van der Waals surface area contributed by atoms with Crippen molar-refractivity contribution < 1.29 is 14.3 Å². The second-order valence-electron chi connectivity index (χ2n) is 7.63. The Kier molecular flexibility index (Phi) is 5.65. The van der Waals surface area contributed by atoms with Gasteiger partial charge in [-0.15, -0.1) is 0 Å². The first-order valence-corrected chi connectivity index (χ1v) is 10.1. The Morgan fingerprint density at radius 3 is 2.69 bits per heavy atom. The van der Waals surface area contributed by atoms with Crippen LogP contribution in [0.1, 0.15) is 42.9 Å². The number of pyridine rings is 1. The van der Waals surface area contributed by atoms with E-state index in [-0.39, 0.29) is 11.9 Å². The summed E-state index contributed by atoms with van der Waals surface area (Å²) in [7, 11) is 1.45. The molecule has 1 saturated carbocycles. The fraction of sp³-hybridized carbons (Fsp3) is 0.333. The molecule has 1 aliphatic rings. The Bertz CT molecular complexity index is 1010. The summed E-state index contributed by atoms with van der Waals surface area (Å²) in [5.41, 5.74) is 9.46. The number of carbonyl (C=O) groups excluding carboxylic acids is 1. The highest BCUT2D eigenvalue weighted by atomic mass is 16.5. The fourth-order valence-corrected chi connectivity index (χ4v) is 4.25. The van der Waals surface area contributed by atoms with Gasteiger partial charge in [-0.05, 0) is 48.6 Å². The molecule has 5 nitrogen and oxygen atoms in total. The number of ether oxygens (including phenoxy) is 2. The number of hydrogen-bond acceptors (Lipinski definition) is 5. The molecular formula is C24H26N2O3. The Hall–Kier alpha value is -3.08. The Morgan fingerprint density at radius 2 is 1.93 bits per heavy atom. The number of rotatable bonds is 6. The van der Waals surface area contributed by atoms with Crippen LogP contribution in [0.4, 0.5) is 5.69 Å². The van der Waals surface area contributed by atoms with Gasteiger partial charge in [0.25, 0.3) is 0 Å². The molecule has 0 saturated heterocycles. The fourth-order valence-electron chi connectivity index (χ4n) is 4.25. The zero-order chi connectivity index (χ0) is 20.2. The molecule has 1 unspecified atom stereocenters. The second-order valence-corrected chi connectivity index (χ2v) is 7.63. The van der Waals surface area contributed by atoms with Crippen LogP contribution in [0.5, 0.6) is 5.75 Å². The van der Waals surface area contributed by atoms with Gasteiger partial charge in [-0.1, -0.05) is 43.2 Å². The van der Waals surface area contributed by atoms with Gasteiger partial charge in [-0.3, -0.25) is 4.79 Å². The summed E-state index contributed by atoms with van der Waals surface area (Å²) in [6, 6.07) is 17.6. The first-order valence-electron chi connectivity index (χ1n) is 10.1. The number of benzene rings is 2. The molecule has 0 bridgehead atoms. The number of hydrogen-bond donors (Lipinski definition) is 1. The predicted octanol–water partition coefficient (Wildman–Crippen LogP) is 4.84. The summed E-state index contributed by atoms with van der Waals surface area (Å²) in [5, 5.41) is 1.10. The molecule has 1 atom stereocenters. The topological polar surface area (TPSA) is 74.4 Å². The molecular weight excluding hydrogens is 364 g/mol. The van der Waals surface area contributed by atoms with Crippen molar-refractivity contribution in [1.29, 1.82) is 0 Å². The van der Waals surface area contributed by atoms with Crippen molar-refractivity contribution in [2.75, 3.05) is 12.8 Å². The van der Waals surface area contributed by atoms with Crippen LogP contribution in [0.2, 0.25) is 0 Å². The largest absolute Gasteiger partial charge is 0.485 e. The maximum Gasteiger partial charge on any atom is 0.313 e. The van der Waals surface area contributed by atoms with Crippen LogP contribution in [0.15, 0.2) is 54.6 Å². The van der Waals surface area contributed by atoms with E-state index in [9.17, 15) is 4.79 Å². The van der Waals surface area contributed by atoms with E-state index in [0.717, 1.165) is 47.8 Å². The highest BCUT2D eigenvalue weighted by molar-refractivity contribution is 5.79. The third kappa shape index (κ3) is 4.19. The number of methoxy groups -OCH3 is 1. The van der Waals surface area contributed by atoms with Crippen LogP contribution in [-0.2, 0) is 16.1 Å². The minimum Gasteiger partial charge on any atom is -0.485 e. The van der Waals surface area contributed by atoms with Gasteiger partial charge >= 0.3 is 5.97 Å². The number of carbonyl (C=O) groups is 1. The first kappa shape index (κ1) is 19.2. The minimum absolute atomic E-state index is 0.190. The Balaban J connectivity index is 1.50. The summed E-state index contributed by atoms with van der Waals surface area (Å²) < 4.78 is 11.0. The van der Waals surface area contributed by atoms with Crippen molar-refractivity contribution in [1.82, 2.24) is 4.98 Å². The Labute approximate surface area is 170 Å². The molecule has 0 spiro atoms. The number of nitrogens with two attached hydrogens (primary N) is 1. The van der Waals surface area contributed by atoms with Crippen LogP contribution < -0.4 is 10.5 Å².